The van der Waals surface area contributed by atoms with Gasteiger partial charge in [-0.25, -0.2) is 4.79 Å². The van der Waals surface area contributed by atoms with E-state index in [1.54, 1.807) is 5.38 Å². The zero-order chi connectivity index (χ0) is 19.8. The second-order valence-corrected chi connectivity index (χ2v) is 6.12. The van der Waals surface area contributed by atoms with Crippen molar-refractivity contribution < 1.29 is 28.7 Å². The standard InChI is InChI=1S/C18H21NO7S/c1-4-23-14-8-13(9-15(24-5-2)17(14)25-6-3)18(20)26-10-12-7-16(19(21)22)27-11-12/h7-9,11H,4-6,10H2,1-3H3. The number of ether oxygens (including phenoxy) is 4. The van der Waals surface area contributed by atoms with Crippen LogP contribution < -0.4 is 14.2 Å². The van der Waals surface area contributed by atoms with Crippen LogP contribution in [0.2, 0.25) is 0 Å². The van der Waals surface area contributed by atoms with Crippen molar-refractivity contribution in [3.05, 3.63) is 44.8 Å². The number of carbonyl (C=O) groups excluding carboxylic acids is 1. The van der Waals surface area contributed by atoms with Crippen LogP contribution in [0.3, 0.4) is 0 Å². The van der Waals surface area contributed by atoms with Crippen molar-refractivity contribution in [2.75, 3.05) is 19.8 Å². The van der Waals surface area contributed by atoms with Gasteiger partial charge in [0.15, 0.2) is 11.5 Å². The molecular weight excluding hydrogens is 374 g/mol. The third-order valence-electron chi connectivity index (χ3n) is 3.33. The molecule has 1 heterocycles. The van der Waals surface area contributed by atoms with Gasteiger partial charge in [0, 0.05) is 17.0 Å². The highest BCUT2D eigenvalue weighted by atomic mass is 32.1. The topological polar surface area (TPSA) is 97.1 Å². The van der Waals surface area contributed by atoms with Gasteiger partial charge in [0.1, 0.15) is 6.61 Å². The molecule has 0 N–H and O–H groups in total. The van der Waals surface area contributed by atoms with Gasteiger partial charge in [-0.15, -0.1) is 0 Å². The van der Waals surface area contributed by atoms with E-state index in [0.717, 1.165) is 11.3 Å². The number of esters is 1. The lowest BCUT2D eigenvalue weighted by atomic mass is 10.2. The summed E-state index contributed by atoms with van der Waals surface area (Å²) >= 11 is 0.984. The number of rotatable bonds is 10. The second-order valence-electron chi connectivity index (χ2n) is 5.23. The van der Waals surface area contributed by atoms with E-state index >= 15 is 0 Å². The molecule has 27 heavy (non-hydrogen) atoms. The van der Waals surface area contributed by atoms with Crippen LogP contribution in [0, 0.1) is 10.1 Å². The summed E-state index contributed by atoms with van der Waals surface area (Å²) in [5.74, 6) is 0.631. The molecule has 0 bridgehead atoms. The molecule has 0 aliphatic carbocycles. The minimum absolute atomic E-state index is 0.000574. The lowest BCUT2D eigenvalue weighted by Crippen LogP contribution is -2.08. The maximum Gasteiger partial charge on any atom is 0.338 e. The van der Waals surface area contributed by atoms with Gasteiger partial charge in [-0.2, -0.15) is 0 Å². The van der Waals surface area contributed by atoms with Crippen LogP contribution in [0.1, 0.15) is 36.7 Å². The summed E-state index contributed by atoms with van der Waals surface area (Å²) in [5, 5.41) is 12.3. The Morgan fingerprint density at radius 2 is 1.63 bits per heavy atom. The monoisotopic (exact) mass is 395 g/mol. The molecule has 0 unspecified atom stereocenters. The van der Waals surface area contributed by atoms with Crippen LogP contribution >= 0.6 is 11.3 Å². The van der Waals surface area contributed by atoms with Crippen LogP contribution in [0.5, 0.6) is 17.2 Å². The fraction of sp³-hybridized carbons (Fsp3) is 0.389. The lowest BCUT2D eigenvalue weighted by Gasteiger charge is -2.16. The fourth-order valence-electron chi connectivity index (χ4n) is 2.27. The van der Waals surface area contributed by atoms with E-state index in [1.807, 2.05) is 20.8 Å². The molecule has 0 aliphatic heterocycles. The Hall–Kier alpha value is -2.81. The summed E-state index contributed by atoms with van der Waals surface area (Å²) in [4.78, 5) is 22.7. The molecule has 146 valence electrons. The van der Waals surface area contributed by atoms with Gasteiger partial charge in [0.25, 0.3) is 0 Å². The quantitative estimate of drug-likeness (QED) is 0.338. The van der Waals surface area contributed by atoms with E-state index < -0.39 is 10.9 Å². The van der Waals surface area contributed by atoms with Crippen LogP contribution in [0.15, 0.2) is 23.6 Å². The number of hydrogen-bond donors (Lipinski definition) is 0. The van der Waals surface area contributed by atoms with Gasteiger partial charge in [-0.3, -0.25) is 10.1 Å². The largest absolute Gasteiger partial charge is 0.490 e. The fourth-order valence-corrected chi connectivity index (χ4v) is 2.99. The van der Waals surface area contributed by atoms with E-state index in [-0.39, 0.29) is 17.2 Å². The van der Waals surface area contributed by atoms with Crippen molar-refractivity contribution in [2.24, 2.45) is 0 Å². The highest BCUT2D eigenvalue weighted by molar-refractivity contribution is 7.13. The van der Waals surface area contributed by atoms with E-state index in [2.05, 4.69) is 0 Å². The second kappa shape index (κ2) is 9.77. The lowest BCUT2D eigenvalue weighted by molar-refractivity contribution is -0.380. The first-order chi connectivity index (χ1) is 13.0. The van der Waals surface area contributed by atoms with Crippen LogP contribution in [0.4, 0.5) is 5.00 Å². The van der Waals surface area contributed by atoms with Gasteiger partial charge in [-0.05, 0) is 32.9 Å². The Morgan fingerprint density at radius 3 is 2.11 bits per heavy atom. The minimum atomic E-state index is -0.589. The van der Waals surface area contributed by atoms with E-state index in [1.165, 1.54) is 18.2 Å². The van der Waals surface area contributed by atoms with E-state index in [0.29, 0.717) is 42.6 Å². The number of nitrogens with zero attached hydrogens (tertiary/aromatic N) is 1. The number of thiophene rings is 1. The summed E-state index contributed by atoms with van der Waals surface area (Å²) in [5.41, 5.74) is 0.802. The first kappa shape index (κ1) is 20.5. The molecule has 8 nitrogen and oxygen atoms in total. The Bertz CT molecular complexity index is 776. The van der Waals surface area contributed by atoms with Crippen LogP contribution in [-0.2, 0) is 11.3 Å². The first-order valence-corrected chi connectivity index (χ1v) is 9.33. The molecule has 0 radical (unpaired) electrons. The SMILES string of the molecule is CCOc1cc(C(=O)OCc2csc([N+](=O)[O-])c2)cc(OCC)c1OCC. The molecule has 1 aromatic carbocycles. The maximum atomic E-state index is 12.4. The molecule has 2 rings (SSSR count). The number of benzene rings is 1. The number of hydrogen-bond acceptors (Lipinski definition) is 8. The molecule has 0 aliphatic rings. The van der Waals surface area contributed by atoms with Crippen molar-refractivity contribution in [1.82, 2.24) is 0 Å². The van der Waals surface area contributed by atoms with Crippen molar-refractivity contribution in [3.63, 3.8) is 0 Å². The Morgan fingerprint density at radius 1 is 1.04 bits per heavy atom. The molecule has 0 amide bonds. The third kappa shape index (κ3) is 5.33. The first-order valence-electron chi connectivity index (χ1n) is 8.45. The average molecular weight is 395 g/mol. The van der Waals surface area contributed by atoms with E-state index in [9.17, 15) is 14.9 Å². The molecule has 0 spiro atoms. The van der Waals surface area contributed by atoms with Gasteiger partial charge in [-0.1, -0.05) is 11.3 Å². The Labute approximate surface area is 160 Å². The summed E-state index contributed by atoms with van der Waals surface area (Å²) in [6, 6.07) is 4.46. The van der Waals surface area contributed by atoms with Gasteiger partial charge < -0.3 is 18.9 Å². The summed E-state index contributed by atoms with van der Waals surface area (Å²) in [6.45, 7) is 6.62. The van der Waals surface area contributed by atoms with Gasteiger partial charge in [0.05, 0.1) is 30.3 Å². The molecule has 0 saturated heterocycles. The molecule has 0 saturated carbocycles. The van der Waals surface area contributed by atoms with Crippen molar-refractivity contribution in [1.29, 1.82) is 0 Å². The summed E-state index contributed by atoms with van der Waals surface area (Å²) in [6.07, 6.45) is 0. The third-order valence-corrected chi connectivity index (χ3v) is 4.26. The van der Waals surface area contributed by atoms with Crippen molar-refractivity contribution >= 4 is 22.3 Å². The van der Waals surface area contributed by atoms with Gasteiger partial charge >= 0.3 is 11.0 Å². The Balaban J connectivity index is 2.21. The summed E-state index contributed by atoms with van der Waals surface area (Å²) in [7, 11) is 0. The predicted molar refractivity (Wildman–Crippen MR) is 100 cm³/mol. The zero-order valence-corrected chi connectivity index (χ0v) is 16.2. The summed E-state index contributed by atoms with van der Waals surface area (Å²) < 4.78 is 22.0. The molecule has 1 aromatic heterocycles. The maximum absolute atomic E-state index is 12.4. The normalized spacial score (nSPS) is 10.3. The highest BCUT2D eigenvalue weighted by Gasteiger charge is 2.19. The van der Waals surface area contributed by atoms with Crippen LogP contribution in [0.25, 0.3) is 0 Å². The van der Waals surface area contributed by atoms with Gasteiger partial charge in [0.2, 0.25) is 5.75 Å². The molecule has 9 heteroatoms. The molecule has 2 aromatic rings. The highest BCUT2D eigenvalue weighted by Crippen LogP contribution is 2.39. The van der Waals surface area contributed by atoms with Crippen molar-refractivity contribution in [2.45, 2.75) is 27.4 Å². The minimum Gasteiger partial charge on any atom is -0.490 e. The van der Waals surface area contributed by atoms with E-state index in [4.69, 9.17) is 18.9 Å². The smallest absolute Gasteiger partial charge is 0.338 e. The van der Waals surface area contributed by atoms with Crippen molar-refractivity contribution in [3.8, 4) is 17.2 Å². The molecular formula is C18H21NO7S. The number of carbonyl (C=O) groups is 1. The molecule has 0 atom stereocenters. The number of nitro groups is 1. The average Bonchev–Trinajstić information content (AvgIpc) is 3.12. The van der Waals surface area contributed by atoms with Crippen LogP contribution in [-0.4, -0.2) is 30.7 Å². The zero-order valence-electron chi connectivity index (χ0n) is 15.4. The molecule has 0 fully saturated rings. The Kier molecular flexibility index (Phi) is 7.42. The predicted octanol–water partition coefficient (Wildman–Crippen LogP) is 4.21.